The Kier molecular flexibility index (Phi) is 5.09. The second kappa shape index (κ2) is 7.68. The zero-order valence-corrected chi connectivity index (χ0v) is 16.1. The van der Waals surface area contributed by atoms with Crippen molar-refractivity contribution >= 4 is 39.9 Å². The minimum absolute atomic E-state index is 0.0243. The van der Waals surface area contributed by atoms with Gasteiger partial charge in [0.1, 0.15) is 10.8 Å². The van der Waals surface area contributed by atoms with Gasteiger partial charge in [-0.15, -0.1) is 16.4 Å². The lowest BCUT2D eigenvalue weighted by Crippen LogP contribution is -2.19. The third kappa shape index (κ3) is 3.62. The Labute approximate surface area is 167 Å². The van der Waals surface area contributed by atoms with Crippen LogP contribution in [0.25, 0.3) is 5.69 Å². The van der Waals surface area contributed by atoms with E-state index in [0.29, 0.717) is 21.4 Å². The smallest absolute Gasteiger partial charge is 0.251 e. The highest BCUT2D eigenvalue weighted by atomic mass is 32.2. The van der Waals surface area contributed by atoms with Crippen molar-refractivity contribution in [2.45, 2.75) is 24.4 Å². The topological polar surface area (TPSA) is 116 Å². The zero-order valence-electron chi connectivity index (χ0n) is 14.5. The predicted molar refractivity (Wildman–Crippen MR) is 103 cm³/mol. The fourth-order valence-electron chi connectivity index (χ4n) is 3.08. The summed E-state index contributed by atoms with van der Waals surface area (Å²) in [7, 11) is 0. The zero-order chi connectivity index (χ0) is 19.7. The van der Waals surface area contributed by atoms with Gasteiger partial charge in [0.15, 0.2) is 0 Å². The van der Waals surface area contributed by atoms with E-state index in [1.54, 1.807) is 12.1 Å². The number of hydrogen-bond acceptors (Lipinski definition) is 7. The Hall–Kier alpha value is -2.79. The van der Waals surface area contributed by atoms with Gasteiger partial charge in [-0.3, -0.25) is 9.59 Å². The van der Waals surface area contributed by atoms with Crippen molar-refractivity contribution in [2.75, 3.05) is 11.1 Å². The van der Waals surface area contributed by atoms with Crippen LogP contribution in [-0.4, -0.2) is 37.8 Å². The maximum absolute atomic E-state index is 13.4. The molecule has 3 N–H and O–H groups in total. The highest BCUT2D eigenvalue weighted by Gasteiger charge is 2.26. The van der Waals surface area contributed by atoms with E-state index in [-0.39, 0.29) is 11.7 Å². The number of carbonyl (C=O) groups excluding carboxylic acids is 2. The maximum Gasteiger partial charge on any atom is 0.251 e. The van der Waals surface area contributed by atoms with Crippen LogP contribution in [0.1, 0.15) is 27.2 Å². The van der Waals surface area contributed by atoms with Crippen LogP contribution in [0.3, 0.4) is 0 Å². The standard InChI is InChI=1S/C17H15FN6O2S2/c18-9-3-1-4-10(7-9)24-17(21-22-23-24)27-8-13(25)20-16-14(15(19)26)11-5-2-6-12(11)28-16/h1,3-4,7H,2,5-6,8H2,(H2,19,26)(H,20,25). The van der Waals surface area contributed by atoms with Gasteiger partial charge >= 0.3 is 0 Å². The highest BCUT2D eigenvalue weighted by Crippen LogP contribution is 2.38. The predicted octanol–water partition coefficient (Wildman–Crippen LogP) is 2.18. The molecule has 0 saturated carbocycles. The van der Waals surface area contributed by atoms with Crippen LogP contribution in [0.5, 0.6) is 0 Å². The summed E-state index contributed by atoms with van der Waals surface area (Å²) in [4.78, 5) is 25.3. The number of nitrogens with two attached hydrogens (primary N) is 1. The van der Waals surface area contributed by atoms with Gasteiger partial charge in [-0.05, 0) is 53.5 Å². The normalized spacial score (nSPS) is 12.8. The molecule has 1 aliphatic carbocycles. The van der Waals surface area contributed by atoms with Crippen LogP contribution in [0, 0.1) is 5.82 Å². The van der Waals surface area contributed by atoms with Crippen LogP contribution in [0.15, 0.2) is 29.4 Å². The molecule has 4 rings (SSSR count). The van der Waals surface area contributed by atoms with Crippen LogP contribution in [-0.2, 0) is 17.6 Å². The molecule has 0 aliphatic heterocycles. The largest absolute Gasteiger partial charge is 0.365 e. The first-order chi connectivity index (χ1) is 13.5. The van der Waals surface area contributed by atoms with Crippen LogP contribution < -0.4 is 11.1 Å². The summed E-state index contributed by atoms with van der Waals surface area (Å²) in [6, 6.07) is 5.83. The number of nitrogens with zero attached hydrogens (tertiary/aromatic N) is 4. The molecule has 144 valence electrons. The molecule has 0 atom stereocenters. The van der Waals surface area contributed by atoms with Crippen molar-refractivity contribution in [1.82, 2.24) is 20.2 Å². The van der Waals surface area contributed by atoms with Crippen molar-refractivity contribution in [3.63, 3.8) is 0 Å². The number of carbonyl (C=O) groups is 2. The average Bonchev–Trinajstić information content (AvgIpc) is 3.35. The third-order valence-corrected chi connectivity index (χ3v) is 6.37. The minimum Gasteiger partial charge on any atom is -0.365 e. The van der Waals surface area contributed by atoms with E-state index >= 15 is 0 Å². The van der Waals surface area contributed by atoms with Gasteiger partial charge in [-0.2, -0.15) is 4.68 Å². The van der Waals surface area contributed by atoms with E-state index in [0.717, 1.165) is 41.5 Å². The number of amides is 2. The molecular weight excluding hydrogens is 403 g/mol. The van der Waals surface area contributed by atoms with E-state index in [4.69, 9.17) is 5.73 Å². The van der Waals surface area contributed by atoms with Crippen molar-refractivity contribution in [2.24, 2.45) is 5.73 Å². The molecule has 2 amide bonds. The molecule has 8 nitrogen and oxygen atoms in total. The molecule has 0 bridgehead atoms. The number of aromatic nitrogens is 4. The van der Waals surface area contributed by atoms with Crippen molar-refractivity contribution in [3.8, 4) is 5.69 Å². The maximum atomic E-state index is 13.4. The molecule has 3 aromatic rings. The molecule has 1 aliphatic rings. The second-order valence-electron chi connectivity index (χ2n) is 6.12. The fraction of sp³-hybridized carbons (Fsp3) is 0.235. The first kappa shape index (κ1) is 18.6. The van der Waals surface area contributed by atoms with Gasteiger partial charge in [-0.1, -0.05) is 17.8 Å². The average molecular weight is 418 g/mol. The number of primary amides is 1. The molecule has 0 unspecified atom stereocenters. The molecule has 2 aromatic heterocycles. The molecule has 11 heteroatoms. The third-order valence-electron chi connectivity index (χ3n) is 4.25. The summed E-state index contributed by atoms with van der Waals surface area (Å²) in [5.74, 6) is -1.22. The summed E-state index contributed by atoms with van der Waals surface area (Å²) >= 11 is 2.51. The lowest BCUT2D eigenvalue weighted by Gasteiger charge is -2.06. The second-order valence-corrected chi connectivity index (χ2v) is 8.16. The van der Waals surface area contributed by atoms with E-state index in [2.05, 4.69) is 20.8 Å². The van der Waals surface area contributed by atoms with Gasteiger partial charge < -0.3 is 11.1 Å². The quantitative estimate of drug-likeness (QED) is 0.593. The number of benzene rings is 1. The van der Waals surface area contributed by atoms with Gasteiger partial charge in [-0.25, -0.2) is 4.39 Å². The molecule has 0 radical (unpaired) electrons. The number of fused-ring (bicyclic) bond motifs is 1. The molecule has 0 saturated heterocycles. The fourth-order valence-corrected chi connectivity index (χ4v) is 5.09. The molecule has 1 aromatic carbocycles. The SMILES string of the molecule is NC(=O)c1c(NC(=O)CSc2nnnn2-c2cccc(F)c2)sc2c1CCC2. The lowest BCUT2D eigenvalue weighted by atomic mass is 10.1. The minimum atomic E-state index is -0.530. The Morgan fingerprint density at radius 1 is 1.36 bits per heavy atom. The van der Waals surface area contributed by atoms with E-state index in [9.17, 15) is 14.0 Å². The van der Waals surface area contributed by atoms with Gasteiger partial charge in [0.2, 0.25) is 11.1 Å². The van der Waals surface area contributed by atoms with E-state index in [1.807, 2.05) is 0 Å². The van der Waals surface area contributed by atoms with Gasteiger partial charge in [0.05, 0.1) is 17.0 Å². The summed E-state index contributed by atoms with van der Waals surface area (Å²) < 4.78 is 14.8. The summed E-state index contributed by atoms with van der Waals surface area (Å²) in [5, 5.41) is 14.9. The Bertz CT molecular complexity index is 1060. The number of tetrazole rings is 1. The number of thiophene rings is 1. The lowest BCUT2D eigenvalue weighted by molar-refractivity contribution is -0.113. The number of aryl methyl sites for hydroxylation is 1. The van der Waals surface area contributed by atoms with Crippen molar-refractivity contribution < 1.29 is 14.0 Å². The monoisotopic (exact) mass is 418 g/mol. The van der Waals surface area contributed by atoms with Crippen LogP contribution in [0.2, 0.25) is 0 Å². The molecule has 0 spiro atoms. The summed E-state index contributed by atoms with van der Waals surface area (Å²) in [6.07, 6.45) is 2.69. The molecule has 0 fully saturated rings. The summed E-state index contributed by atoms with van der Waals surface area (Å²) in [5.41, 5.74) is 7.33. The summed E-state index contributed by atoms with van der Waals surface area (Å²) in [6.45, 7) is 0. The van der Waals surface area contributed by atoms with Crippen molar-refractivity contribution in [1.29, 1.82) is 0 Å². The number of nitrogens with one attached hydrogen (secondary N) is 1. The van der Waals surface area contributed by atoms with Crippen LogP contribution in [0.4, 0.5) is 9.39 Å². The Morgan fingerprint density at radius 2 is 2.21 bits per heavy atom. The number of halogens is 1. The number of hydrogen-bond donors (Lipinski definition) is 2. The first-order valence-electron chi connectivity index (χ1n) is 8.44. The Morgan fingerprint density at radius 3 is 3.00 bits per heavy atom. The first-order valence-corrected chi connectivity index (χ1v) is 10.2. The highest BCUT2D eigenvalue weighted by molar-refractivity contribution is 7.99. The molecular formula is C17H15FN6O2S2. The number of rotatable bonds is 6. The Balaban J connectivity index is 1.46. The van der Waals surface area contributed by atoms with Crippen LogP contribution >= 0.6 is 23.1 Å². The number of anilines is 1. The number of thioether (sulfide) groups is 1. The van der Waals surface area contributed by atoms with E-state index < -0.39 is 11.7 Å². The van der Waals surface area contributed by atoms with E-state index in [1.165, 1.54) is 28.2 Å². The molecule has 28 heavy (non-hydrogen) atoms. The van der Waals surface area contributed by atoms with Gasteiger partial charge in [0, 0.05) is 4.88 Å². The molecule has 2 heterocycles. The van der Waals surface area contributed by atoms with Gasteiger partial charge in [0.25, 0.3) is 5.91 Å². The van der Waals surface area contributed by atoms with Crippen molar-refractivity contribution in [3.05, 3.63) is 46.1 Å².